The molecule has 0 aliphatic heterocycles. The van der Waals surface area contributed by atoms with Crippen LogP contribution in [0.5, 0.6) is 0 Å². The van der Waals surface area contributed by atoms with Crippen LogP contribution in [0, 0.1) is 0 Å². The average Bonchev–Trinajstić information content (AvgIpc) is 2.71. The molecule has 3 rings (SSSR count). The SMILES string of the molecule is CCCCc1ccc(S(=O)(=O)NS(=O)(=O)O)c2c1C(=O)c1c(cccc1S(=O)(=O)NS(=O)(=O)O)C2=O. The molecule has 2 aromatic rings. The lowest BCUT2D eigenvalue weighted by Crippen LogP contribution is -2.35. The lowest BCUT2D eigenvalue weighted by atomic mass is 9.81. The van der Waals surface area contributed by atoms with Gasteiger partial charge in [-0.1, -0.05) is 39.8 Å². The molecule has 0 aromatic heterocycles. The molecule has 0 amide bonds. The molecule has 0 unspecified atom stereocenters. The minimum absolute atomic E-state index is 0.136. The van der Waals surface area contributed by atoms with E-state index in [1.165, 1.54) is 0 Å². The van der Waals surface area contributed by atoms with Gasteiger partial charge in [0.05, 0.1) is 20.9 Å². The molecule has 0 atom stereocenters. The van der Waals surface area contributed by atoms with Gasteiger partial charge in [0.15, 0.2) is 11.6 Å². The Kier molecular flexibility index (Phi) is 7.29. The molecular weight excluding hydrogens is 564 g/mol. The quantitative estimate of drug-likeness (QED) is 0.243. The highest BCUT2D eigenvalue weighted by Gasteiger charge is 2.41. The Hall–Kier alpha value is -2.58. The molecule has 18 heteroatoms. The molecule has 0 bridgehead atoms. The number of nitrogens with one attached hydrogen (secondary N) is 2. The number of sulfonamides is 2. The number of carbonyl (C=O) groups is 2. The summed E-state index contributed by atoms with van der Waals surface area (Å²) in [6.45, 7) is 1.80. The summed E-state index contributed by atoms with van der Waals surface area (Å²) >= 11 is 0. The summed E-state index contributed by atoms with van der Waals surface area (Å²) in [5.41, 5.74) is -2.55. The number of ketones is 2. The van der Waals surface area contributed by atoms with Crippen molar-refractivity contribution in [2.24, 2.45) is 0 Å². The predicted molar refractivity (Wildman–Crippen MR) is 122 cm³/mol. The monoisotopic (exact) mass is 582 g/mol. The van der Waals surface area contributed by atoms with Crippen LogP contribution in [0.15, 0.2) is 40.1 Å². The Morgan fingerprint density at radius 2 is 1.22 bits per heavy atom. The van der Waals surface area contributed by atoms with E-state index in [0.29, 0.717) is 12.8 Å². The Morgan fingerprint density at radius 3 is 1.72 bits per heavy atom. The first-order valence-electron chi connectivity index (χ1n) is 9.80. The first kappa shape index (κ1) is 28.0. The number of hydrogen-bond acceptors (Lipinski definition) is 10. The second-order valence-electron chi connectivity index (χ2n) is 7.54. The maximum Gasteiger partial charge on any atom is 0.346 e. The average molecular weight is 583 g/mol. The van der Waals surface area contributed by atoms with Gasteiger partial charge in [-0.15, -0.1) is 0 Å². The Morgan fingerprint density at radius 1 is 0.694 bits per heavy atom. The summed E-state index contributed by atoms with van der Waals surface area (Å²) in [6, 6.07) is 4.76. The fourth-order valence-corrected chi connectivity index (χ4v) is 8.09. The van der Waals surface area contributed by atoms with Crippen LogP contribution in [0.2, 0.25) is 0 Å². The van der Waals surface area contributed by atoms with E-state index in [1.54, 1.807) is 6.92 Å². The van der Waals surface area contributed by atoms with Gasteiger partial charge in [0.25, 0.3) is 20.0 Å². The summed E-state index contributed by atoms with van der Waals surface area (Å²) in [5.74, 6) is -2.34. The molecular formula is C18H18N2O12S4. The van der Waals surface area contributed by atoms with E-state index in [1.807, 2.05) is 0 Å². The van der Waals surface area contributed by atoms with Gasteiger partial charge in [-0.3, -0.25) is 18.7 Å². The highest BCUT2D eigenvalue weighted by Crippen LogP contribution is 2.37. The Balaban J connectivity index is 2.39. The highest BCUT2D eigenvalue weighted by molar-refractivity contribution is 8.02. The van der Waals surface area contributed by atoms with E-state index in [0.717, 1.165) is 38.6 Å². The standard InChI is InChI=1S/C18H18N2O12S4/c1-2-3-5-10-8-9-13(34(25,26)20-36(30,31)32)16-14(10)18(22)15-11(17(16)21)6-4-7-12(15)33(23,24)19-35(27,28)29/h4,6-9,19-20H,2-3,5H2,1H3,(H,27,28,29)(H,30,31,32). The zero-order valence-electron chi connectivity index (χ0n) is 18.1. The number of fused-ring (bicyclic) bond motifs is 2. The lowest BCUT2D eigenvalue weighted by Gasteiger charge is -2.24. The summed E-state index contributed by atoms with van der Waals surface area (Å²) in [5, 5.41) is 0. The van der Waals surface area contributed by atoms with Crippen LogP contribution in [0.1, 0.15) is 57.2 Å². The van der Waals surface area contributed by atoms with E-state index < -0.39 is 84.3 Å². The molecule has 2 aromatic carbocycles. The molecule has 0 fully saturated rings. The molecule has 14 nitrogen and oxygen atoms in total. The second kappa shape index (κ2) is 9.38. The normalized spacial score (nSPS) is 14.4. The Bertz CT molecular complexity index is 1730. The second-order valence-corrected chi connectivity index (χ2v) is 13.7. The molecule has 36 heavy (non-hydrogen) atoms. The van der Waals surface area contributed by atoms with Gasteiger partial charge in [-0.05, 0) is 30.5 Å². The zero-order valence-corrected chi connectivity index (χ0v) is 21.4. The largest absolute Gasteiger partial charge is 0.346 e. The Labute approximate surface area is 206 Å². The van der Waals surface area contributed by atoms with Crippen molar-refractivity contribution in [2.75, 3.05) is 0 Å². The van der Waals surface area contributed by atoms with Crippen molar-refractivity contribution in [3.8, 4) is 0 Å². The van der Waals surface area contributed by atoms with Crippen LogP contribution in [0.3, 0.4) is 0 Å². The lowest BCUT2D eigenvalue weighted by molar-refractivity contribution is 0.0973. The van der Waals surface area contributed by atoms with E-state index in [4.69, 9.17) is 9.11 Å². The third-order valence-corrected chi connectivity index (χ3v) is 10.3. The van der Waals surface area contributed by atoms with E-state index >= 15 is 0 Å². The molecule has 1 aliphatic rings. The number of hydrogen-bond donors (Lipinski definition) is 4. The van der Waals surface area contributed by atoms with Crippen molar-refractivity contribution in [2.45, 2.75) is 36.0 Å². The molecule has 4 N–H and O–H groups in total. The number of rotatable bonds is 9. The van der Waals surface area contributed by atoms with E-state index in [2.05, 4.69) is 0 Å². The van der Waals surface area contributed by atoms with Crippen molar-refractivity contribution >= 4 is 52.2 Å². The van der Waals surface area contributed by atoms with Gasteiger partial charge in [-0.25, -0.2) is 16.8 Å². The third kappa shape index (κ3) is 5.54. The maximum atomic E-state index is 13.6. The van der Waals surface area contributed by atoms with Crippen LogP contribution in [0.25, 0.3) is 0 Å². The van der Waals surface area contributed by atoms with Crippen molar-refractivity contribution in [3.63, 3.8) is 0 Å². The number of unbranched alkanes of at least 4 members (excludes halogenated alkanes) is 1. The summed E-state index contributed by atoms with van der Waals surface area (Å²) < 4.78 is 115. The van der Waals surface area contributed by atoms with Crippen LogP contribution in [-0.4, -0.2) is 54.3 Å². The summed E-state index contributed by atoms with van der Waals surface area (Å²) in [7, 11) is -20.9. The van der Waals surface area contributed by atoms with Crippen molar-refractivity contribution in [1.29, 1.82) is 0 Å². The molecule has 0 saturated carbocycles. The van der Waals surface area contributed by atoms with Crippen molar-refractivity contribution < 1.29 is 52.4 Å². The topological polar surface area (TPSA) is 235 Å². The van der Waals surface area contributed by atoms with Gasteiger partial charge in [0.1, 0.15) is 0 Å². The van der Waals surface area contributed by atoms with E-state index in [-0.39, 0.29) is 12.0 Å². The van der Waals surface area contributed by atoms with Gasteiger partial charge in [0, 0.05) is 11.1 Å². The predicted octanol–water partition coefficient (Wildman–Crippen LogP) is -0.0332. The summed E-state index contributed by atoms with van der Waals surface area (Å²) in [4.78, 5) is 25.1. The van der Waals surface area contributed by atoms with Crippen LogP contribution < -0.4 is 8.25 Å². The van der Waals surface area contributed by atoms with Crippen molar-refractivity contribution in [1.82, 2.24) is 8.25 Å². The molecule has 0 saturated heterocycles. The van der Waals surface area contributed by atoms with Gasteiger partial charge < -0.3 is 0 Å². The fourth-order valence-electron chi connectivity index (χ4n) is 3.72. The molecule has 0 spiro atoms. The van der Waals surface area contributed by atoms with Crippen LogP contribution in [-0.2, 0) is 47.1 Å². The maximum absolute atomic E-state index is 13.6. The smallest absolute Gasteiger partial charge is 0.289 e. The third-order valence-electron chi connectivity index (χ3n) is 5.01. The number of carbonyl (C=O) groups excluding carboxylic acids is 2. The zero-order chi connectivity index (χ0) is 27.3. The number of benzene rings is 2. The molecule has 196 valence electrons. The summed E-state index contributed by atoms with van der Waals surface area (Å²) in [6.07, 6.45) is 1.20. The first-order chi connectivity index (χ1) is 16.4. The first-order valence-corrected chi connectivity index (χ1v) is 15.6. The molecule has 0 radical (unpaired) electrons. The van der Waals surface area contributed by atoms with Crippen LogP contribution in [0.4, 0.5) is 0 Å². The van der Waals surface area contributed by atoms with Crippen molar-refractivity contribution in [3.05, 3.63) is 58.1 Å². The van der Waals surface area contributed by atoms with Gasteiger partial charge in [0.2, 0.25) is 0 Å². The minimum Gasteiger partial charge on any atom is -0.289 e. The van der Waals surface area contributed by atoms with Gasteiger partial charge >= 0.3 is 20.6 Å². The molecule has 0 heterocycles. The fraction of sp³-hybridized carbons (Fsp3) is 0.222. The molecule has 1 aliphatic carbocycles. The highest BCUT2D eigenvalue weighted by atomic mass is 32.3. The van der Waals surface area contributed by atoms with Gasteiger partial charge in [-0.2, -0.15) is 16.8 Å². The van der Waals surface area contributed by atoms with Crippen LogP contribution >= 0.6 is 0 Å². The van der Waals surface area contributed by atoms with E-state index in [9.17, 15) is 43.3 Å². The minimum atomic E-state index is -5.32. The number of aryl methyl sites for hydroxylation is 1.